The molecule has 0 fully saturated rings. The van der Waals surface area contributed by atoms with E-state index in [0.717, 1.165) is 0 Å². The molecule has 0 bridgehead atoms. The second-order valence-electron chi connectivity index (χ2n) is 2.74. The van der Waals surface area contributed by atoms with Crippen molar-refractivity contribution in [2.45, 2.75) is 12.8 Å². The van der Waals surface area contributed by atoms with Crippen molar-refractivity contribution in [3.63, 3.8) is 0 Å². The zero-order valence-corrected chi connectivity index (χ0v) is 8.82. The zero-order valence-electron chi connectivity index (χ0n) is 8.07. The van der Waals surface area contributed by atoms with Crippen molar-refractivity contribution in [1.29, 1.82) is 0 Å². The van der Waals surface area contributed by atoms with E-state index in [-0.39, 0.29) is 5.56 Å². The normalized spacial score (nSPS) is 10.9. The Balaban J connectivity index is 2.85. The van der Waals surface area contributed by atoms with Crippen LogP contribution in [0.25, 0.3) is 0 Å². The first kappa shape index (κ1) is 11.2. The number of halogens is 1. The van der Waals surface area contributed by atoms with E-state index >= 15 is 0 Å². The molecule has 78 valence electrons. The van der Waals surface area contributed by atoms with Gasteiger partial charge in [0, 0.05) is 26.5 Å². The van der Waals surface area contributed by atoms with Crippen LogP contribution in [-0.2, 0) is 16.0 Å². The molecule has 5 heteroatoms. The third-order valence-corrected chi connectivity index (χ3v) is 2.04. The van der Waals surface area contributed by atoms with Crippen molar-refractivity contribution >= 4 is 11.6 Å². The summed E-state index contributed by atoms with van der Waals surface area (Å²) in [5.74, 6) is 0. The fourth-order valence-corrected chi connectivity index (χ4v) is 1.23. The van der Waals surface area contributed by atoms with Crippen LogP contribution in [0.15, 0.2) is 23.1 Å². The van der Waals surface area contributed by atoms with Gasteiger partial charge in [-0.25, -0.2) is 0 Å². The summed E-state index contributed by atoms with van der Waals surface area (Å²) in [6.45, 7) is 0.326. The van der Waals surface area contributed by atoms with E-state index in [1.807, 2.05) is 0 Å². The van der Waals surface area contributed by atoms with E-state index in [1.165, 1.54) is 24.9 Å². The van der Waals surface area contributed by atoms with Gasteiger partial charge in [-0.1, -0.05) is 11.6 Å². The van der Waals surface area contributed by atoms with Crippen molar-refractivity contribution in [2.75, 3.05) is 14.2 Å². The molecule has 1 aromatic rings. The highest BCUT2D eigenvalue weighted by Gasteiger charge is 2.07. The van der Waals surface area contributed by atoms with Crippen LogP contribution in [0.2, 0.25) is 5.02 Å². The molecule has 0 atom stereocenters. The number of hydrogen-bond donors (Lipinski definition) is 0. The smallest absolute Gasteiger partial charge is 0.250 e. The maximum atomic E-state index is 11.3. The van der Waals surface area contributed by atoms with Gasteiger partial charge in [0.15, 0.2) is 6.29 Å². The van der Waals surface area contributed by atoms with Crippen LogP contribution in [0.5, 0.6) is 0 Å². The van der Waals surface area contributed by atoms with E-state index < -0.39 is 6.29 Å². The minimum Gasteiger partial charge on any atom is -0.354 e. The van der Waals surface area contributed by atoms with Crippen molar-refractivity contribution < 1.29 is 9.47 Å². The summed E-state index contributed by atoms with van der Waals surface area (Å²) >= 11 is 5.75. The average Bonchev–Trinajstić information content (AvgIpc) is 2.19. The van der Waals surface area contributed by atoms with Gasteiger partial charge in [-0.2, -0.15) is 0 Å². The predicted molar refractivity (Wildman–Crippen MR) is 53.5 cm³/mol. The first-order valence-corrected chi connectivity index (χ1v) is 4.46. The molecule has 0 aliphatic heterocycles. The molecule has 0 N–H and O–H groups in total. The Morgan fingerprint density at radius 1 is 1.43 bits per heavy atom. The fourth-order valence-electron chi connectivity index (χ4n) is 1.05. The van der Waals surface area contributed by atoms with Gasteiger partial charge in [-0.15, -0.1) is 0 Å². The summed E-state index contributed by atoms with van der Waals surface area (Å²) in [6, 6.07) is 2.96. The third-order valence-electron chi connectivity index (χ3n) is 1.82. The Morgan fingerprint density at radius 3 is 2.64 bits per heavy atom. The summed E-state index contributed by atoms with van der Waals surface area (Å²) in [4.78, 5) is 11.3. The van der Waals surface area contributed by atoms with Gasteiger partial charge in [-0.05, 0) is 6.07 Å². The number of ether oxygens (including phenoxy) is 2. The lowest BCUT2D eigenvalue weighted by Crippen LogP contribution is -2.27. The van der Waals surface area contributed by atoms with Gasteiger partial charge in [0.2, 0.25) is 0 Å². The van der Waals surface area contributed by atoms with Gasteiger partial charge >= 0.3 is 0 Å². The molecule has 0 saturated heterocycles. The molecule has 0 spiro atoms. The average molecular weight is 218 g/mol. The summed E-state index contributed by atoms with van der Waals surface area (Å²) in [5, 5.41) is 0.510. The number of hydrogen-bond acceptors (Lipinski definition) is 3. The minimum atomic E-state index is -0.439. The number of aromatic nitrogens is 1. The number of nitrogens with zero attached hydrogens (tertiary/aromatic N) is 1. The summed E-state index contributed by atoms with van der Waals surface area (Å²) in [6.07, 6.45) is 1.11. The van der Waals surface area contributed by atoms with Gasteiger partial charge in [0.05, 0.1) is 11.6 Å². The Kier molecular flexibility index (Phi) is 4.13. The molecule has 1 heterocycles. The topological polar surface area (TPSA) is 40.5 Å². The number of methoxy groups -OCH3 is 2. The standard InChI is InChI=1S/C9H12ClNO3/c1-13-9(14-2)6-11-5-7(10)3-4-8(11)12/h3-5,9H,6H2,1-2H3. The Labute approximate surface area is 87.0 Å². The maximum absolute atomic E-state index is 11.3. The lowest BCUT2D eigenvalue weighted by molar-refractivity contribution is -0.111. The van der Waals surface area contributed by atoms with Crippen LogP contribution in [0, 0.1) is 0 Å². The monoisotopic (exact) mass is 217 g/mol. The van der Waals surface area contributed by atoms with Crippen LogP contribution < -0.4 is 5.56 Å². The van der Waals surface area contributed by atoms with Crippen molar-refractivity contribution in [2.24, 2.45) is 0 Å². The fraction of sp³-hybridized carbons (Fsp3) is 0.444. The predicted octanol–water partition coefficient (Wildman–Crippen LogP) is 1.12. The summed E-state index contributed by atoms with van der Waals surface area (Å²) < 4.78 is 11.4. The van der Waals surface area contributed by atoms with Crippen molar-refractivity contribution in [1.82, 2.24) is 4.57 Å². The van der Waals surface area contributed by atoms with E-state index in [0.29, 0.717) is 11.6 Å². The first-order valence-electron chi connectivity index (χ1n) is 4.09. The molecule has 1 rings (SSSR count). The maximum Gasteiger partial charge on any atom is 0.250 e. The van der Waals surface area contributed by atoms with E-state index in [1.54, 1.807) is 12.3 Å². The Hall–Kier alpha value is -0.840. The van der Waals surface area contributed by atoms with E-state index in [4.69, 9.17) is 21.1 Å². The zero-order chi connectivity index (χ0) is 10.6. The lowest BCUT2D eigenvalue weighted by Gasteiger charge is -2.14. The number of rotatable bonds is 4. The van der Waals surface area contributed by atoms with Crippen LogP contribution in [-0.4, -0.2) is 25.1 Å². The van der Waals surface area contributed by atoms with Gasteiger partial charge in [0.25, 0.3) is 5.56 Å². The molecule has 0 aromatic carbocycles. The Morgan fingerprint density at radius 2 is 2.07 bits per heavy atom. The second kappa shape index (κ2) is 5.14. The molecule has 0 saturated carbocycles. The molecule has 1 aromatic heterocycles. The van der Waals surface area contributed by atoms with Crippen LogP contribution in [0.1, 0.15) is 0 Å². The summed E-state index contributed by atoms with van der Waals surface area (Å²) in [5.41, 5.74) is -0.131. The molecule has 0 unspecified atom stereocenters. The first-order chi connectivity index (χ1) is 6.67. The largest absolute Gasteiger partial charge is 0.354 e. The number of pyridine rings is 1. The highest BCUT2D eigenvalue weighted by Crippen LogP contribution is 2.04. The quantitative estimate of drug-likeness (QED) is 0.710. The second-order valence-corrected chi connectivity index (χ2v) is 3.18. The molecule has 0 aliphatic rings. The lowest BCUT2D eigenvalue weighted by atomic mass is 10.4. The third kappa shape index (κ3) is 2.83. The Bertz CT molecular complexity index is 346. The van der Waals surface area contributed by atoms with Crippen LogP contribution >= 0.6 is 11.6 Å². The van der Waals surface area contributed by atoms with Gasteiger partial charge < -0.3 is 14.0 Å². The van der Waals surface area contributed by atoms with Crippen molar-refractivity contribution in [3.05, 3.63) is 33.7 Å². The van der Waals surface area contributed by atoms with E-state index in [9.17, 15) is 4.79 Å². The molecule has 4 nitrogen and oxygen atoms in total. The minimum absolute atomic E-state index is 0.131. The molecule has 0 amide bonds. The molecule has 0 radical (unpaired) electrons. The van der Waals surface area contributed by atoms with E-state index in [2.05, 4.69) is 0 Å². The van der Waals surface area contributed by atoms with Crippen LogP contribution in [0.3, 0.4) is 0 Å². The van der Waals surface area contributed by atoms with Crippen molar-refractivity contribution in [3.8, 4) is 0 Å². The molecular formula is C9H12ClNO3. The highest BCUT2D eigenvalue weighted by atomic mass is 35.5. The molecular weight excluding hydrogens is 206 g/mol. The van der Waals surface area contributed by atoms with Gasteiger partial charge in [-0.3, -0.25) is 4.79 Å². The van der Waals surface area contributed by atoms with Gasteiger partial charge in [0.1, 0.15) is 0 Å². The summed E-state index contributed by atoms with van der Waals surface area (Å²) in [7, 11) is 3.04. The molecule has 0 aliphatic carbocycles. The molecule has 14 heavy (non-hydrogen) atoms. The highest BCUT2D eigenvalue weighted by molar-refractivity contribution is 6.30. The SMILES string of the molecule is COC(Cn1cc(Cl)ccc1=O)OC. The van der Waals surface area contributed by atoms with Crippen LogP contribution in [0.4, 0.5) is 0 Å².